The molecule has 0 fully saturated rings. The second-order valence-electron chi connectivity index (χ2n) is 11.3. The molecule has 2 aromatic rings. The van der Waals surface area contributed by atoms with Gasteiger partial charge in [-0.15, -0.1) is 0 Å². The van der Waals surface area contributed by atoms with Gasteiger partial charge in [-0.3, -0.25) is 0 Å². The van der Waals surface area contributed by atoms with Gasteiger partial charge in [0.25, 0.3) is 0 Å². The van der Waals surface area contributed by atoms with Crippen molar-refractivity contribution in [2.75, 3.05) is 0 Å². The van der Waals surface area contributed by atoms with Crippen molar-refractivity contribution in [3.63, 3.8) is 0 Å². The zero-order valence-corrected chi connectivity index (χ0v) is 23.5. The van der Waals surface area contributed by atoms with Crippen LogP contribution in [-0.2, 0) is 0 Å². The quantitative estimate of drug-likeness (QED) is 0.438. The summed E-state index contributed by atoms with van der Waals surface area (Å²) in [6.07, 6.45) is 0. The molecule has 0 radical (unpaired) electrons. The first-order valence-electron chi connectivity index (χ1n) is 12.0. The molecule has 31 heavy (non-hydrogen) atoms. The number of benzene rings is 2. The highest BCUT2D eigenvalue weighted by Crippen LogP contribution is 2.43. The van der Waals surface area contributed by atoms with Crippen LogP contribution in [0.4, 0.5) is 0 Å². The molecule has 2 heteroatoms. The molecule has 1 aliphatic rings. The second kappa shape index (κ2) is 8.71. The first kappa shape index (κ1) is 24.0. The van der Waals surface area contributed by atoms with Gasteiger partial charge in [-0.2, -0.15) is 0 Å². The lowest BCUT2D eigenvalue weighted by Crippen LogP contribution is -2.63. The molecule has 0 bridgehead atoms. The van der Waals surface area contributed by atoms with E-state index in [0.29, 0.717) is 11.8 Å². The van der Waals surface area contributed by atoms with E-state index in [0.717, 1.165) is 0 Å². The standard InChI is InChI=1S/C29H42Si2/c1-20(2)19-31(26-14-12-11-13-15-26,29-24(6)22(4)23(5)25(29)7)28-17-21(3)16-27(18-28)30(8,9)10/h11-18,20,24H,19H2,1-10H3. The average molecular weight is 447 g/mol. The van der Waals surface area contributed by atoms with Gasteiger partial charge in [0.2, 0.25) is 0 Å². The van der Waals surface area contributed by atoms with Gasteiger partial charge in [0.05, 0.1) is 8.07 Å². The highest BCUT2D eigenvalue weighted by atomic mass is 28.3. The van der Waals surface area contributed by atoms with Gasteiger partial charge in [-0.1, -0.05) is 116 Å². The summed E-state index contributed by atoms with van der Waals surface area (Å²) in [7, 11) is -3.59. The highest BCUT2D eigenvalue weighted by molar-refractivity contribution is 7.08. The fourth-order valence-corrected chi connectivity index (χ4v) is 13.4. The molecule has 0 spiro atoms. The maximum atomic E-state index is 2.64. The molecule has 3 rings (SSSR count). The van der Waals surface area contributed by atoms with Crippen molar-refractivity contribution in [2.24, 2.45) is 11.8 Å². The van der Waals surface area contributed by atoms with E-state index < -0.39 is 16.1 Å². The van der Waals surface area contributed by atoms with Crippen LogP contribution in [0.5, 0.6) is 0 Å². The Morgan fingerprint density at radius 2 is 1.35 bits per heavy atom. The van der Waals surface area contributed by atoms with E-state index in [1.807, 2.05) is 0 Å². The van der Waals surface area contributed by atoms with Crippen molar-refractivity contribution in [3.05, 3.63) is 76.0 Å². The molecule has 0 heterocycles. The molecule has 0 N–H and O–H groups in total. The molecule has 0 aromatic heterocycles. The average Bonchev–Trinajstić information content (AvgIpc) is 2.89. The van der Waals surface area contributed by atoms with Crippen molar-refractivity contribution in [1.29, 1.82) is 0 Å². The van der Waals surface area contributed by atoms with E-state index in [2.05, 4.69) is 117 Å². The lowest BCUT2D eigenvalue weighted by atomic mass is 10.1. The first-order chi connectivity index (χ1) is 14.4. The maximum absolute atomic E-state index is 2.64. The van der Waals surface area contributed by atoms with Crippen LogP contribution in [0.1, 0.15) is 47.1 Å². The molecular weight excluding hydrogens is 404 g/mol. The van der Waals surface area contributed by atoms with Crippen molar-refractivity contribution in [3.8, 4) is 0 Å². The Morgan fingerprint density at radius 3 is 1.84 bits per heavy atom. The predicted octanol–water partition coefficient (Wildman–Crippen LogP) is 6.60. The molecule has 2 aromatic carbocycles. The van der Waals surface area contributed by atoms with Crippen molar-refractivity contribution >= 4 is 31.7 Å². The first-order valence-corrected chi connectivity index (χ1v) is 17.7. The van der Waals surface area contributed by atoms with Crippen molar-refractivity contribution < 1.29 is 0 Å². The molecule has 2 atom stereocenters. The fourth-order valence-electron chi connectivity index (χ4n) is 5.67. The largest absolute Gasteiger partial charge is 0.145 e. The van der Waals surface area contributed by atoms with Gasteiger partial charge in [0.15, 0.2) is 0 Å². The Balaban J connectivity index is 2.45. The summed E-state index contributed by atoms with van der Waals surface area (Å²) >= 11 is 0. The van der Waals surface area contributed by atoms with Gasteiger partial charge < -0.3 is 0 Å². The van der Waals surface area contributed by atoms with Crippen molar-refractivity contribution in [2.45, 2.75) is 74.2 Å². The minimum atomic E-state index is -2.17. The van der Waals surface area contributed by atoms with Gasteiger partial charge >= 0.3 is 0 Å². The molecule has 0 nitrogen and oxygen atoms in total. The van der Waals surface area contributed by atoms with Gasteiger partial charge in [0.1, 0.15) is 8.07 Å². The van der Waals surface area contributed by atoms with E-state index in [1.165, 1.54) is 17.2 Å². The number of aryl methyl sites for hydroxylation is 1. The van der Waals surface area contributed by atoms with E-state index in [1.54, 1.807) is 31.9 Å². The third kappa shape index (κ3) is 4.34. The Hall–Kier alpha value is -1.65. The van der Waals surface area contributed by atoms with Crippen LogP contribution in [0.3, 0.4) is 0 Å². The number of rotatable bonds is 6. The molecule has 0 aliphatic heterocycles. The van der Waals surface area contributed by atoms with Gasteiger partial charge in [0, 0.05) is 0 Å². The molecule has 1 aliphatic carbocycles. The summed E-state index contributed by atoms with van der Waals surface area (Å²) in [6, 6.07) is 20.5. The molecule has 0 saturated heterocycles. The molecule has 0 amide bonds. The summed E-state index contributed by atoms with van der Waals surface area (Å²) in [5.74, 6) is 1.18. The minimum Gasteiger partial charge on any atom is -0.0656 e. The Bertz CT molecular complexity index is 1020. The number of allylic oxidation sites excluding steroid dienone is 4. The van der Waals surface area contributed by atoms with Crippen LogP contribution in [0.15, 0.2) is 70.4 Å². The minimum absolute atomic E-state index is 0.529. The smallest absolute Gasteiger partial charge is 0.0656 e. The Morgan fingerprint density at radius 1 is 0.774 bits per heavy atom. The summed E-state index contributed by atoms with van der Waals surface area (Å²) in [5.41, 5.74) is 6.09. The zero-order chi connectivity index (χ0) is 23.1. The topological polar surface area (TPSA) is 0 Å². The molecular formula is C29H42Si2. The zero-order valence-electron chi connectivity index (χ0n) is 21.5. The van der Waals surface area contributed by atoms with Gasteiger partial charge in [-0.25, -0.2) is 0 Å². The molecule has 2 unspecified atom stereocenters. The molecule has 0 saturated carbocycles. The third-order valence-corrected chi connectivity index (χ3v) is 15.3. The normalized spacial score (nSPS) is 19.4. The van der Waals surface area contributed by atoms with E-state index in [9.17, 15) is 0 Å². The lowest BCUT2D eigenvalue weighted by Gasteiger charge is -2.40. The van der Waals surface area contributed by atoms with Crippen LogP contribution in [0.25, 0.3) is 0 Å². The molecule has 166 valence electrons. The lowest BCUT2D eigenvalue weighted by molar-refractivity contribution is 0.719. The van der Waals surface area contributed by atoms with Crippen molar-refractivity contribution in [1.82, 2.24) is 0 Å². The predicted molar refractivity (Wildman–Crippen MR) is 146 cm³/mol. The SMILES string of the molecule is CC1=C(C)C(C)C([Si](CC(C)C)(c2ccccc2)c2cc(C)cc([Si](C)(C)C)c2)=C1C. The van der Waals surface area contributed by atoms with E-state index in [4.69, 9.17) is 0 Å². The summed E-state index contributed by atoms with van der Waals surface area (Å²) in [5, 5.41) is 6.58. The summed E-state index contributed by atoms with van der Waals surface area (Å²) in [4.78, 5) is 0. The highest BCUT2D eigenvalue weighted by Gasteiger charge is 2.46. The van der Waals surface area contributed by atoms with E-state index in [-0.39, 0.29) is 0 Å². The van der Waals surface area contributed by atoms with E-state index >= 15 is 0 Å². The monoisotopic (exact) mass is 446 g/mol. The number of hydrogen-bond donors (Lipinski definition) is 0. The summed E-state index contributed by atoms with van der Waals surface area (Å²) in [6.45, 7) is 24.2. The second-order valence-corrected chi connectivity index (χ2v) is 20.3. The maximum Gasteiger partial charge on any atom is 0.145 e. The van der Waals surface area contributed by atoms with Crippen LogP contribution in [-0.4, -0.2) is 16.1 Å². The third-order valence-electron chi connectivity index (χ3n) is 7.52. The number of hydrogen-bond acceptors (Lipinski definition) is 0. The Labute approximate surface area is 193 Å². The van der Waals surface area contributed by atoms with Crippen LogP contribution in [0.2, 0.25) is 25.7 Å². The van der Waals surface area contributed by atoms with Gasteiger partial charge in [-0.05, 0) is 61.5 Å². The fraction of sp³-hybridized carbons (Fsp3) is 0.448. The Kier molecular flexibility index (Phi) is 6.74. The van der Waals surface area contributed by atoms with Crippen LogP contribution >= 0.6 is 0 Å². The van der Waals surface area contributed by atoms with Crippen LogP contribution in [0, 0.1) is 18.8 Å². The van der Waals surface area contributed by atoms with Crippen LogP contribution < -0.4 is 15.6 Å². The summed E-state index contributed by atoms with van der Waals surface area (Å²) < 4.78 is 0.